The van der Waals surface area contributed by atoms with E-state index in [1.165, 1.54) is 276 Å². The van der Waals surface area contributed by atoms with Gasteiger partial charge in [0.2, 0.25) is 0 Å². The topological polar surface area (TPSA) is 237 Å². The van der Waals surface area contributed by atoms with Gasteiger partial charge in [0, 0.05) is 25.7 Å². The monoisotopic (exact) mass is 1540 g/mol. The summed E-state index contributed by atoms with van der Waals surface area (Å²) in [6, 6.07) is 0. The van der Waals surface area contributed by atoms with E-state index in [1.807, 2.05) is 0 Å². The van der Waals surface area contributed by atoms with Crippen LogP contribution in [-0.4, -0.2) is 96.7 Å². The molecule has 0 radical (unpaired) electrons. The maximum Gasteiger partial charge on any atom is 0.472 e. The van der Waals surface area contributed by atoms with Crippen LogP contribution < -0.4 is 0 Å². The van der Waals surface area contributed by atoms with Gasteiger partial charge < -0.3 is 33.8 Å². The Morgan fingerprint density at radius 2 is 0.438 bits per heavy atom. The summed E-state index contributed by atoms with van der Waals surface area (Å²) in [5.41, 5.74) is 0. The van der Waals surface area contributed by atoms with E-state index in [2.05, 4.69) is 41.5 Å². The van der Waals surface area contributed by atoms with Crippen molar-refractivity contribution in [3.8, 4) is 0 Å². The van der Waals surface area contributed by atoms with E-state index in [9.17, 15) is 43.2 Å². The normalized spacial score (nSPS) is 13.8. The van der Waals surface area contributed by atoms with E-state index >= 15 is 0 Å². The molecule has 0 aromatic heterocycles. The van der Waals surface area contributed by atoms with E-state index in [-0.39, 0.29) is 25.7 Å². The van der Waals surface area contributed by atoms with Gasteiger partial charge in [-0.1, -0.05) is 408 Å². The third-order valence-electron chi connectivity index (χ3n) is 20.2. The summed E-state index contributed by atoms with van der Waals surface area (Å²) in [6.45, 7) is 9.70. The van der Waals surface area contributed by atoms with Crippen LogP contribution in [0.1, 0.15) is 459 Å². The Morgan fingerprint density at radius 1 is 0.257 bits per heavy atom. The smallest absolute Gasteiger partial charge is 0.462 e. The summed E-state index contributed by atoms with van der Waals surface area (Å²) < 4.78 is 68.9. The van der Waals surface area contributed by atoms with Crippen molar-refractivity contribution in [1.82, 2.24) is 0 Å². The molecule has 0 saturated carbocycles. The number of hydrogen-bond donors (Lipinski definition) is 3. The highest BCUT2D eigenvalue weighted by Crippen LogP contribution is 2.45. The lowest BCUT2D eigenvalue weighted by Gasteiger charge is -2.21. The Balaban J connectivity index is 5.25. The van der Waals surface area contributed by atoms with Crippen LogP contribution >= 0.6 is 15.6 Å². The first-order valence-corrected chi connectivity index (χ1v) is 47.5. The third kappa shape index (κ3) is 79.9. The highest BCUT2D eigenvalue weighted by atomic mass is 31.2. The number of aliphatic hydroxyl groups is 1. The van der Waals surface area contributed by atoms with Crippen molar-refractivity contribution in [2.24, 2.45) is 11.8 Å². The molecule has 19 heteroatoms. The molecule has 0 amide bonds. The third-order valence-corrected chi connectivity index (χ3v) is 22.1. The molecule has 2 unspecified atom stereocenters. The van der Waals surface area contributed by atoms with Crippen LogP contribution in [0.2, 0.25) is 0 Å². The molecule has 0 rings (SSSR count). The van der Waals surface area contributed by atoms with E-state index in [0.29, 0.717) is 25.7 Å². The molecule has 3 N–H and O–H groups in total. The number of carbonyl (C=O) groups is 4. The zero-order valence-electron chi connectivity index (χ0n) is 69.0. The summed E-state index contributed by atoms with van der Waals surface area (Å²) in [6.07, 6.45) is 69.4. The van der Waals surface area contributed by atoms with Gasteiger partial charge in [0.15, 0.2) is 12.2 Å². The Bertz CT molecular complexity index is 2010. The Morgan fingerprint density at radius 3 is 0.648 bits per heavy atom. The highest BCUT2D eigenvalue weighted by Gasteiger charge is 2.30. The molecule has 624 valence electrons. The van der Waals surface area contributed by atoms with Gasteiger partial charge in [0.1, 0.15) is 19.3 Å². The maximum atomic E-state index is 13.1. The van der Waals surface area contributed by atoms with Gasteiger partial charge in [0.25, 0.3) is 0 Å². The fourth-order valence-electron chi connectivity index (χ4n) is 13.4. The number of rotatable bonds is 85. The van der Waals surface area contributed by atoms with Crippen molar-refractivity contribution in [1.29, 1.82) is 0 Å². The molecule has 0 aromatic carbocycles. The van der Waals surface area contributed by atoms with Crippen LogP contribution in [0, 0.1) is 11.8 Å². The zero-order chi connectivity index (χ0) is 77.1. The van der Waals surface area contributed by atoms with Crippen molar-refractivity contribution in [2.45, 2.75) is 477 Å². The Kier molecular flexibility index (Phi) is 76.0. The number of phosphoric acid groups is 2. The molecule has 0 saturated heterocycles. The first kappa shape index (κ1) is 103. The van der Waals surface area contributed by atoms with Crippen LogP contribution in [0.4, 0.5) is 0 Å². The van der Waals surface area contributed by atoms with E-state index in [1.54, 1.807) is 0 Å². The second kappa shape index (κ2) is 77.4. The van der Waals surface area contributed by atoms with Gasteiger partial charge in [0.05, 0.1) is 26.4 Å². The number of carbonyl (C=O) groups excluding carboxylic acids is 4. The standard InChI is InChI=1S/C86H168O17P2/c1-7-9-11-13-15-17-19-21-23-30-34-38-44-50-56-62-68-83(88)96-74-81(102-85(90)71-65-59-53-46-40-36-32-28-26-25-27-29-33-37-42-48-54-60-66-78(3)4)76-100-104(92,93)98-72-80(87)73-99-105(94,95)101-77-82(75-97-84(89)69-63-57-51-47-41-43-49-55-61-67-79(5)6)103-86(91)70-64-58-52-45-39-35-31-24-22-20-18-16-14-12-10-8-2/h78-82,87H,7-77H2,1-6H3,(H,92,93)(H,94,95)/t80-,81-,82-/m1/s1. The van der Waals surface area contributed by atoms with Crippen molar-refractivity contribution < 1.29 is 80.2 Å². The van der Waals surface area contributed by atoms with Crippen LogP contribution in [0.5, 0.6) is 0 Å². The summed E-state index contributed by atoms with van der Waals surface area (Å²) in [5, 5.41) is 10.7. The SMILES string of the molecule is CCCCCCCCCCCCCCCCCCC(=O)OC[C@H](COP(=O)(O)OC[C@@H](O)COP(=O)(O)OC[C@@H](COC(=O)CCCCCCCCCCCC(C)C)OC(=O)CCCCCCCCCCCCCCCCCC)OC(=O)CCCCCCCCCCCCCCCCCCCCC(C)C. The average Bonchev–Trinajstić information content (AvgIpc) is 0.910. The Hall–Kier alpha value is -1.94. The van der Waals surface area contributed by atoms with Crippen LogP contribution in [-0.2, 0) is 65.4 Å². The predicted octanol–water partition coefficient (Wildman–Crippen LogP) is 26.2. The minimum absolute atomic E-state index is 0.108. The molecular formula is C86H168O17P2. The predicted molar refractivity (Wildman–Crippen MR) is 432 cm³/mol. The molecule has 5 atom stereocenters. The van der Waals surface area contributed by atoms with Crippen molar-refractivity contribution in [2.75, 3.05) is 39.6 Å². The molecule has 0 spiro atoms. The first-order chi connectivity index (χ1) is 50.9. The van der Waals surface area contributed by atoms with E-state index in [0.717, 1.165) is 102 Å². The summed E-state index contributed by atoms with van der Waals surface area (Å²) in [5.74, 6) is -0.536. The fraction of sp³-hybridized carbons (Fsp3) is 0.953. The lowest BCUT2D eigenvalue weighted by atomic mass is 10.0. The molecule has 17 nitrogen and oxygen atoms in total. The fourth-order valence-corrected chi connectivity index (χ4v) is 15.0. The first-order valence-electron chi connectivity index (χ1n) is 44.5. The molecule has 0 heterocycles. The number of hydrogen-bond acceptors (Lipinski definition) is 15. The lowest BCUT2D eigenvalue weighted by Crippen LogP contribution is -2.30. The minimum Gasteiger partial charge on any atom is -0.462 e. The molecule has 0 aromatic rings. The van der Waals surface area contributed by atoms with E-state index in [4.69, 9.17) is 37.0 Å². The van der Waals surface area contributed by atoms with Crippen LogP contribution in [0.25, 0.3) is 0 Å². The number of unbranched alkanes of at least 4 members (excludes halogenated alkanes) is 55. The summed E-state index contributed by atoms with van der Waals surface area (Å²) in [7, 11) is -9.93. The number of phosphoric ester groups is 2. The van der Waals surface area contributed by atoms with Crippen molar-refractivity contribution in [3.05, 3.63) is 0 Å². The molecule has 105 heavy (non-hydrogen) atoms. The van der Waals surface area contributed by atoms with Gasteiger partial charge in [-0.05, 0) is 37.5 Å². The largest absolute Gasteiger partial charge is 0.472 e. The van der Waals surface area contributed by atoms with Crippen molar-refractivity contribution in [3.63, 3.8) is 0 Å². The number of ether oxygens (including phenoxy) is 4. The van der Waals surface area contributed by atoms with Crippen molar-refractivity contribution >= 4 is 39.5 Å². The second-order valence-electron chi connectivity index (χ2n) is 31.9. The number of esters is 4. The second-order valence-corrected chi connectivity index (χ2v) is 34.8. The Labute approximate surface area is 645 Å². The molecule has 0 aliphatic rings. The molecule has 0 fully saturated rings. The molecular weight excluding hydrogens is 1370 g/mol. The minimum atomic E-state index is -4.97. The highest BCUT2D eigenvalue weighted by molar-refractivity contribution is 7.47. The number of aliphatic hydroxyl groups excluding tert-OH is 1. The molecule has 0 bridgehead atoms. The van der Waals surface area contributed by atoms with Gasteiger partial charge in [-0.2, -0.15) is 0 Å². The van der Waals surface area contributed by atoms with Gasteiger partial charge in [-0.25, -0.2) is 9.13 Å². The maximum absolute atomic E-state index is 13.1. The van der Waals surface area contributed by atoms with Crippen LogP contribution in [0.15, 0.2) is 0 Å². The van der Waals surface area contributed by atoms with Gasteiger partial charge >= 0.3 is 39.5 Å². The molecule has 0 aliphatic heterocycles. The van der Waals surface area contributed by atoms with Crippen LogP contribution in [0.3, 0.4) is 0 Å². The van der Waals surface area contributed by atoms with E-state index < -0.39 is 97.5 Å². The quantitative estimate of drug-likeness (QED) is 0.0222. The summed E-state index contributed by atoms with van der Waals surface area (Å²) >= 11 is 0. The van der Waals surface area contributed by atoms with Gasteiger partial charge in [-0.3, -0.25) is 37.3 Å². The van der Waals surface area contributed by atoms with Gasteiger partial charge in [-0.15, -0.1) is 0 Å². The zero-order valence-corrected chi connectivity index (χ0v) is 70.8. The average molecular weight is 1540 g/mol. The lowest BCUT2D eigenvalue weighted by molar-refractivity contribution is -0.161. The summed E-state index contributed by atoms with van der Waals surface area (Å²) in [4.78, 5) is 73.2. The molecule has 0 aliphatic carbocycles.